The number of hydrogen-bond acceptors (Lipinski definition) is 7. The summed E-state index contributed by atoms with van der Waals surface area (Å²) < 4.78 is 14.1. The highest BCUT2D eigenvalue weighted by Crippen LogP contribution is 2.31. The number of rotatable bonds is 21. The quantitative estimate of drug-likeness (QED) is 0.0813. The topological polar surface area (TPSA) is 64.0 Å². The van der Waals surface area contributed by atoms with Crippen molar-refractivity contribution in [1.29, 1.82) is 0 Å². The molecule has 8 heteroatoms. The van der Waals surface area contributed by atoms with Crippen LogP contribution in [0.25, 0.3) is 21.0 Å². The molecule has 3 heterocycles. The van der Waals surface area contributed by atoms with E-state index in [0.29, 0.717) is 24.5 Å². The number of pyridine rings is 1. The monoisotopic (exact) mass is 687 g/mol. The number of piperazine rings is 1. The second-order valence-corrected chi connectivity index (χ2v) is 14.5. The number of benzene rings is 2. The second-order valence-electron chi connectivity index (χ2n) is 13.6. The van der Waals surface area contributed by atoms with Crippen molar-refractivity contribution in [1.82, 2.24) is 9.47 Å². The molecule has 0 saturated carbocycles. The molecule has 5 rings (SSSR count). The van der Waals surface area contributed by atoms with Crippen molar-refractivity contribution in [3.8, 4) is 5.75 Å². The van der Waals surface area contributed by atoms with Gasteiger partial charge < -0.3 is 14.4 Å². The molecule has 1 aliphatic rings. The molecular formula is C41H57N3O4S. The van der Waals surface area contributed by atoms with Gasteiger partial charge in [-0.05, 0) is 73.0 Å². The summed E-state index contributed by atoms with van der Waals surface area (Å²) in [5, 5.41) is 4.35. The van der Waals surface area contributed by atoms with Crippen LogP contribution in [0.2, 0.25) is 0 Å². The number of anilines is 1. The minimum Gasteiger partial charge on any atom is -0.494 e. The molecule has 0 spiro atoms. The van der Waals surface area contributed by atoms with Gasteiger partial charge in [0.25, 0.3) is 5.56 Å². The largest absolute Gasteiger partial charge is 0.494 e. The Hall–Kier alpha value is -3.36. The Bertz CT molecular complexity index is 1620. The van der Waals surface area contributed by atoms with E-state index in [1.54, 1.807) is 23.5 Å². The first-order chi connectivity index (χ1) is 24.1. The smallest absolute Gasteiger partial charge is 0.421 e. The van der Waals surface area contributed by atoms with Crippen LogP contribution in [0.3, 0.4) is 0 Å². The minimum atomic E-state index is -0.612. The molecule has 266 valence electrons. The molecule has 2 aromatic carbocycles. The molecule has 0 N–H and O–H groups in total. The standard InChI is InChI=1S/C41H57N3O4S/c1-2-3-4-5-6-7-8-9-10-11-12-13-15-31-48-41(46)44-38-33-35(22-20-34(38)21-23-40(44)45)47-30-16-14-25-42-26-28-43(29-27-42)37-18-17-19-39-36(37)24-32-49-39/h17-24,32-33H,2-16,25-31H2,1H3. The fourth-order valence-electron chi connectivity index (χ4n) is 6.93. The van der Waals surface area contributed by atoms with Crippen LogP contribution >= 0.6 is 11.3 Å². The number of aromatic nitrogens is 1. The van der Waals surface area contributed by atoms with Crippen LogP contribution in [0.1, 0.15) is 103 Å². The van der Waals surface area contributed by atoms with Gasteiger partial charge in [0.2, 0.25) is 0 Å². The molecule has 0 bridgehead atoms. The van der Waals surface area contributed by atoms with Crippen LogP contribution < -0.4 is 15.2 Å². The lowest BCUT2D eigenvalue weighted by molar-refractivity contribution is 0.145. The SMILES string of the molecule is CCCCCCCCCCCCCCCOC(=O)n1c(=O)ccc2ccc(OCCCCN3CCN(c4cccc5sccc45)CC3)cc21. The summed E-state index contributed by atoms with van der Waals surface area (Å²) in [6.07, 6.45) is 17.8. The lowest BCUT2D eigenvalue weighted by Gasteiger charge is -2.36. The maximum atomic E-state index is 13.0. The first kappa shape index (κ1) is 36.9. The summed E-state index contributed by atoms with van der Waals surface area (Å²) in [7, 11) is 0. The lowest BCUT2D eigenvalue weighted by Crippen LogP contribution is -2.46. The summed E-state index contributed by atoms with van der Waals surface area (Å²) >= 11 is 1.81. The molecular weight excluding hydrogens is 631 g/mol. The zero-order chi connectivity index (χ0) is 34.1. The van der Waals surface area contributed by atoms with Crippen molar-refractivity contribution >= 4 is 44.1 Å². The van der Waals surface area contributed by atoms with Gasteiger partial charge in [-0.2, -0.15) is 0 Å². The number of ether oxygens (including phenoxy) is 2. The van der Waals surface area contributed by atoms with Gasteiger partial charge in [-0.1, -0.05) is 90.0 Å². The Balaban J connectivity index is 0.968. The maximum Gasteiger partial charge on any atom is 0.421 e. The van der Waals surface area contributed by atoms with Crippen LogP contribution in [0.5, 0.6) is 5.75 Å². The van der Waals surface area contributed by atoms with Gasteiger partial charge in [0.1, 0.15) is 5.75 Å². The zero-order valence-electron chi connectivity index (χ0n) is 29.7. The van der Waals surface area contributed by atoms with Gasteiger partial charge in [0.15, 0.2) is 0 Å². The van der Waals surface area contributed by atoms with Crippen molar-refractivity contribution in [3.63, 3.8) is 0 Å². The molecule has 0 atom stereocenters. The molecule has 49 heavy (non-hydrogen) atoms. The highest BCUT2D eigenvalue weighted by atomic mass is 32.1. The Kier molecular flexibility index (Phi) is 15.3. The molecule has 1 fully saturated rings. The van der Waals surface area contributed by atoms with Gasteiger partial charge in [0, 0.05) is 54.1 Å². The van der Waals surface area contributed by atoms with Crippen LogP contribution in [0.15, 0.2) is 64.8 Å². The average Bonchev–Trinajstić information content (AvgIpc) is 3.61. The van der Waals surface area contributed by atoms with Crippen molar-refractivity contribution in [2.75, 3.05) is 50.8 Å². The van der Waals surface area contributed by atoms with Gasteiger partial charge in [-0.25, -0.2) is 9.36 Å². The zero-order valence-corrected chi connectivity index (χ0v) is 30.5. The van der Waals surface area contributed by atoms with Crippen LogP contribution in [-0.4, -0.2) is 61.5 Å². The Morgan fingerprint density at radius 1 is 0.735 bits per heavy atom. The predicted molar refractivity (Wildman–Crippen MR) is 206 cm³/mol. The van der Waals surface area contributed by atoms with E-state index in [1.165, 1.54) is 86.0 Å². The Morgan fingerprint density at radius 2 is 1.41 bits per heavy atom. The molecule has 1 saturated heterocycles. The van der Waals surface area contributed by atoms with Crippen LogP contribution in [-0.2, 0) is 4.74 Å². The normalized spacial score (nSPS) is 13.8. The van der Waals surface area contributed by atoms with Gasteiger partial charge in [-0.15, -0.1) is 11.3 Å². The van der Waals surface area contributed by atoms with Gasteiger partial charge in [0.05, 0.1) is 18.7 Å². The van der Waals surface area contributed by atoms with E-state index in [1.807, 2.05) is 12.1 Å². The van der Waals surface area contributed by atoms with Gasteiger partial charge in [-0.3, -0.25) is 9.69 Å². The highest BCUT2D eigenvalue weighted by Gasteiger charge is 2.19. The third-order valence-electron chi connectivity index (χ3n) is 9.85. The van der Waals surface area contributed by atoms with E-state index >= 15 is 0 Å². The summed E-state index contributed by atoms with van der Waals surface area (Å²) in [4.78, 5) is 30.8. The summed E-state index contributed by atoms with van der Waals surface area (Å²) in [6.45, 7) is 8.47. The third kappa shape index (κ3) is 11.3. The summed E-state index contributed by atoms with van der Waals surface area (Å²) in [5.74, 6) is 0.660. The maximum absolute atomic E-state index is 13.0. The number of fused-ring (bicyclic) bond motifs is 2. The van der Waals surface area contributed by atoms with E-state index in [-0.39, 0.29) is 5.56 Å². The van der Waals surface area contributed by atoms with Crippen molar-refractivity contribution < 1.29 is 14.3 Å². The highest BCUT2D eigenvalue weighted by molar-refractivity contribution is 7.17. The number of hydrogen-bond donors (Lipinski definition) is 0. The fourth-order valence-corrected chi connectivity index (χ4v) is 7.74. The summed E-state index contributed by atoms with van der Waals surface area (Å²) in [5.41, 5.74) is 1.50. The number of thiophene rings is 1. The van der Waals surface area contributed by atoms with Crippen LogP contribution in [0.4, 0.5) is 10.5 Å². The predicted octanol–water partition coefficient (Wildman–Crippen LogP) is 10.3. The van der Waals surface area contributed by atoms with Gasteiger partial charge >= 0.3 is 6.09 Å². The third-order valence-corrected chi connectivity index (χ3v) is 10.7. The van der Waals surface area contributed by atoms with Crippen LogP contribution in [0, 0.1) is 0 Å². The fraction of sp³-hybridized carbons (Fsp3) is 0.561. The molecule has 0 unspecified atom stereocenters. The van der Waals surface area contributed by atoms with E-state index in [0.717, 1.165) is 74.8 Å². The first-order valence-electron chi connectivity index (χ1n) is 19.0. The number of carbonyl (C=O) groups is 1. The molecule has 2 aromatic heterocycles. The molecule has 4 aromatic rings. The number of carbonyl (C=O) groups excluding carboxylic acids is 1. The lowest BCUT2D eigenvalue weighted by atomic mass is 10.0. The average molecular weight is 688 g/mol. The first-order valence-corrected chi connectivity index (χ1v) is 19.9. The van der Waals surface area contributed by atoms with E-state index in [4.69, 9.17) is 9.47 Å². The van der Waals surface area contributed by atoms with E-state index < -0.39 is 6.09 Å². The van der Waals surface area contributed by atoms with E-state index in [9.17, 15) is 9.59 Å². The Morgan fingerprint density at radius 3 is 2.14 bits per heavy atom. The number of unbranched alkanes of at least 4 members (excludes halogenated alkanes) is 13. The van der Waals surface area contributed by atoms with Crippen molar-refractivity contribution in [3.05, 3.63) is 70.3 Å². The van der Waals surface area contributed by atoms with Crippen molar-refractivity contribution in [2.45, 2.75) is 103 Å². The molecule has 0 aliphatic carbocycles. The van der Waals surface area contributed by atoms with E-state index in [2.05, 4.69) is 46.4 Å². The molecule has 7 nitrogen and oxygen atoms in total. The minimum absolute atomic E-state index is 0.329. The van der Waals surface area contributed by atoms with Crippen molar-refractivity contribution in [2.24, 2.45) is 0 Å². The molecule has 0 radical (unpaired) electrons. The second kappa shape index (κ2) is 20.3. The number of nitrogens with zero attached hydrogens (tertiary/aromatic N) is 3. The Labute approximate surface area is 297 Å². The molecule has 1 aliphatic heterocycles. The summed E-state index contributed by atoms with van der Waals surface area (Å²) in [6, 6.07) is 17.6. The molecule has 0 amide bonds.